The highest BCUT2D eigenvalue weighted by Crippen LogP contribution is 2.62. The number of ether oxygens (including phenoxy) is 3. The second kappa shape index (κ2) is 7.91. The van der Waals surface area contributed by atoms with Gasteiger partial charge < -0.3 is 14.2 Å². The number of benzene rings is 2. The summed E-state index contributed by atoms with van der Waals surface area (Å²) in [6, 6.07) is 10.7. The van der Waals surface area contributed by atoms with E-state index in [0.29, 0.717) is 6.54 Å². The summed E-state index contributed by atoms with van der Waals surface area (Å²) in [5, 5.41) is 19.7. The molecule has 4 aliphatic rings. The molecule has 10 nitrogen and oxygen atoms in total. The first-order valence-electron chi connectivity index (χ1n) is 12.3. The fourth-order valence-corrected chi connectivity index (χ4v) is 6.62. The van der Waals surface area contributed by atoms with Gasteiger partial charge in [0.15, 0.2) is 17.6 Å². The predicted octanol–water partition coefficient (Wildman–Crippen LogP) is 3.48. The number of piperidine rings is 1. The zero-order valence-corrected chi connectivity index (χ0v) is 20.5. The highest BCUT2D eigenvalue weighted by Gasteiger charge is 2.62. The van der Waals surface area contributed by atoms with E-state index in [2.05, 4.69) is 27.4 Å². The molecule has 2 bridgehead atoms. The van der Waals surface area contributed by atoms with Gasteiger partial charge in [0.1, 0.15) is 5.76 Å². The van der Waals surface area contributed by atoms with Gasteiger partial charge >= 0.3 is 0 Å². The number of nitro benzene ring substituents is 1. The molecule has 0 saturated carbocycles. The number of allylic oxidation sites excluding steroid dienone is 2. The number of aromatic nitrogens is 3. The maximum absolute atomic E-state index is 11.0. The summed E-state index contributed by atoms with van der Waals surface area (Å²) >= 11 is 0. The number of rotatable bonds is 6. The molecule has 37 heavy (non-hydrogen) atoms. The van der Waals surface area contributed by atoms with E-state index in [1.807, 2.05) is 18.3 Å². The van der Waals surface area contributed by atoms with Gasteiger partial charge in [-0.2, -0.15) is 0 Å². The fraction of sp³-hybridized carbons (Fsp3) is 0.333. The first-order valence-corrected chi connectivity index (χ1v) is 12.3. The molecule has 0 amide bonds. The van der Waals surface area contributed by atoms with Gasteiger partial charge in [-0.05, 0) is 48.3 Å². The molecular formula is C27H25N5O5. The second-order valence-corrected chi connectivity index (χ2v) is 9.86. The third kappa shape index (κ3) is 3.02. The summed E-state index contributed by atoms with van der Waals surface area (Å²) < 4.78 is 19.7. The molecule has 3 aromatic rings. The Balaban J connectivity index is 1.22. The Kier molecular flexibility index (Phi) is 4.71. The minimum absolute atomic E-state index is 0.0466. The van der Waals surface area contributed by atoms with Crippen LogP contribution in [0, 0.1) is 10.1 Å². The predicted molar refractivity (Wildman–Crippen MR) is 133 cm³/mol. The average molecular weight is 500 g/mol. The number of methoxy groups -OCH3 is 2. The molecule has 1 saturated heterocycles. The van der Waals surface area contributed by atoms with Crippen LogP contribution in [0.4, 0.5) is 5.69 Å². The normalized spacial score (nSPS) is 25.0. The lowest BCUT2D eigenvalue weighted by Gasteiger charge is -2.53. The van der Waals surface area contributed by atoms with Crippen molar-refractivity contribution in [1.29, 1.82) is 0 Å². The zero-order chi connectivity index (χ0) is 25.3. The molecule has 0 radical (unpaired) electrons. The number of hydrogen-bond donors (Lipinski definition) is 0. The summed E-state index contributed by atoms with van der Waals surface area (Å²) in [5.41, 5.74) is 5.27. The molecule has 3 unspecified atom stereocenters. The summed E-state index contributed by atoms with van der Waals surface area (Å²) in [7, 11) is 3.39. The first kappa shape index (κ1) is 22.1. The van der Waals surface area contributed by atoms with Gasteiger partial charge in [0.05, 0.1) is 42.1 Å². The lowest BCUT2D eigenvalue weighted by Crippen LogP contribution is -2.59. The maximum atomic E-state index is 11.0. The SMILES string of the molecule is COC1=CC=C2C3Cc4ccc(OC)c5c4C2(CCN3Cc2cn(-c3ccc([N+](=O)[O-])cc3)nn2)C1O5. The molecule has 1 fully saturated rings. The van der Waals surface area contributed by atoms with Crippen molar-refractivity contribution < 1.29 is 19.1 Å². The van der Waals surface area contributed by atoms with Crippen LogP contribution in [0.5, 0.6) is 11.5 Å². The number of likely N-dealkylation sites (tertiary alicyclic amines) is 1. The molecule has 10 heteroatoms. The highest BCUT2D eigenvalue weighted by molar-refractivity contribution is 5.67. The minimum Gasteiger partial charge on any atom is -0.497 e. The Morgan fingerprint density at radius 1 is 1.16 bits per heavy atom. The Bertz CT molecular complexity index is 1490. The Labute approximate surface area is 212 Å². The molecule has 188 valence electrons. The van der Waals surface area contributed by atoms with Crippen LogP contribution in [0.1, 0.15) is 23.2 Å². The third-order valence-corrected chi connectivity index (χ3v) is 8.23. The van der Waals surface area contributed by atoms with Crippen molar-refractivity contribution in [1.82, 2.24) is 19.9 Å². The molecule has 3 heterocycles. The summed E-state index contributed by atoms with van der Waals surface area (Å²) in [4.78, 5) is 13.0. The quantitative estimate of drug-likeness (QED) is 0.375. The van der Waals surface area contributed by atoms with Gasteiger partial charge in [-0.3, -0.25) is 15.0 Å². The van der Waals surface area contributed by atoms with Crippen molar-refractivity contribution in [3.63, 3.8) is 0 Å². The van der Waals surface area contributed by atoms with Crippen LogP contribution in [0.2, 0.25) is 0 Å². The number of hydrogen-bond acceptors (Lipinski definition) is 8. The van der Waals surface area contributed by atoms with Gasteiger partial charge in [0.25, 0.3) is 5.69 Å². The van der Waals surface area contributed by atoms with Crippen molar-refractivity contribution in [2.24, 2.45) is 0 Å². The average Bonchev–Trinajstić information content (AvgIpc) is 3.52. The first-order chi connectivity index (χ1) is 18.0. The molecule has 2 aromatic carbocycles. The van der Waals surface area contributed by atoms with Crippen molar-refractivity contribution in [2.45, 2.75) is 36.9 Å². The molecule has 2 aliphatic carbocycles. The molecule has 7 rings (SSSR count). The van der Waals surface area contributed by atoms with Gasteiger partial charge in [-0.25, -0.2) is 4.68 Å². The van der Waals surface area contributed by atoms with E-state index >= 15 is 0 Å². The van der Waals surface area contributed by atoms with Crippen LogP contribution in [0.3, 0.4) is 0 Å². The standard InChI is InChI=1S/C27H25N5O5/c1-35-22-9-3-16-13-21-20-8-10-23(36-2)26-27(20,24(16)25(22)37-26)11-12-30(21)14-17-15-31(29-28-17)18-4-6-19(7-5-18)32(33)34/h3-10,15,21,26H,11-14H2,1-2H3. The molecular weight excluding hydrogens is 474 g/mol. The second-order valence-electron chi connectivity index (χ2n) is 9.86. The van der Waals surface area contributed by atoms with Crippen molar-refractivity contribution in [3.05, 3.63) is 93.0 Å². The van der Waals surface area contributed by atoms with E-state index in [9.17, 15) is 10.1 Å². The van der Waals surface area contributed by atoms with Crippen molar-refractivity contribution in [2.75, 3.05) is 20.8 Å². The molecule has 1 spiro atoms. The number of nitrogens with zero attached hydrogens (tertiary/aromatic N) is 5. The van der Waals surface area contributed by atoms with Crippen molar-refractivity contribution >= 4 is 5.69 Å². The van der Waals surface area contributed by atoms with E-state index in [0.717, 1.165) is 48.0 Å². The van der Waals surface area contributed by atoms with E-state index in [1.54, 1.807) is 31.0 Å². The lowest BCUT2D eigenvalue weighted by atomic mass is 9.57. The molecule has 1 aromatic heterocycles. The Hall–Kier alpha value is -4.18. The van der Waals surface area contributed by atoms with Gasteiger partial charge in [-0.15, -0.1) is 5.10 Å². The summed E-state index contributed by atoms with van der Waals surface area (Å²) in [6.45, 7) is 1.52. The van der Waals surface area contributed by atoms with Crippen LogP contribution in [-0.4, -0.2) is 57.7 Å². The Morgan fingerprint density at radius 2 is 2.00 bits per heavy atom. The van der Waals surface area contributed by atoms with E-state index in [4.69, 9.17) is 14.2 Å². The van der Waals surface area contributed by atoms with Crippen molar-refractivity contribution in [3.8, 4) is 17.2 Å². The minimum atomic E-state index is -0.411. The maximum Gasteiger partial charge on any atom is 0.269 e. The summed E-state index contributed by atoms with van der Waals surface area (Å²) in [5.74, 6) is 2.45. The smallest absolute Gasteiger partial charge is 0.269 e. The van der Waals surface area contributed by atoms with E-state index in [1.165, 1.54) is 28.8 Å². The van der Waals surface area contributed by atoms with Crippen LogP contribution in [0.25, 0.3) is 5.69 Å². The third-order valence-electron chi connectivity index (χ3n) is 8.23. The molecule has 3 atom stereocenters. The summed E-state index contributed by atoms with van der Waals surface area (Å²) in [6.07, 6.45) is 7.73. The van der Waals surface area contributed by atoms with E-state index in [-0.39, 0.29) is 23.2 Å². The fourth-order valence-electron chi connectivity index (χ4n) is 6.62. The van der Waals surface area contributed by atoms with Gasteiger partial charge in [-0.1, -0.05) is 17.4 Å². The zero-order valence-electron chi connectivity index (χ0n) is 20.5. The van der Waals surface area contributed by atoms with Crippen LogP contribution in [-0.2, 0) is 23.1 Å². The van der Waals surface area contributed by atoms with Crippen LogP contribution < -0.4 is 9.47 Å². The van der Waals surface area contributed by atoms with Crippen LogP contribution in [0.15, 0.2) is 66.1 Å². The number of nitro groups is 1. The topological polar surface area (TPSA) is 105 Å². The molecule has 2 aliphatic heterocycles. The van der Waals surface area contributed by atoms with Gasteiger partial charge in [0, 0.05) is 36.8 Å². The number of non-ortho nitro benzene ring substituents is 1. The largest absolute Gasteiger partial charge is 0.497 e. The lowest BCUT2D eigenvalue weighted by molar-refractivity contribution is -0.384. The van der Waals surface area contributed by atoms with E-state index < -0.39 is 4.92 Å². The van der Waals surface area contributed by atoms with Crippen LogP contribution >= 0.6 is 0 Å². The Morgan fingerprint density at radius 3 is 2.76 bits per heavy atom. The molecule has 0 N–H and O–H groups in total. The van der Waals surface area contributed by atoms with Gasteiger partial charge in [0.2, 0.25) is 0 Å². The highest BCUT2D eigenvalue weighted by atomic mass is 16.6. The monoisotopic (exact) mass is 499 g/mol.